The van der Waals surface area contributed by atoms with Crippen molar-refractivity contribution in [3.05, 3.63) is 225 Å². The van der Waals surface area contributed by atoms with Gasteiger partial charge in [0, 0.05) is 167 Å². The van der Waals surface area contributed by atoms with Crippen molar-refractivity contribution in [2.45, 2.75) is 261 Å². The van der Waals surface area contributed by atoms with Crippen molar-refractivity contribution in [2.75, 3.05) is 115 Å². The monoisotopic (exact) mass is 2060 g/mol. The van der Waals surface area contributed by atoms with Gasteiger partial charge in [-0.05, 0) is 192 Å². The maximum atomic E-state index is 13.5. The van der Waals surface area contributed by atoms with Gasteiger partial charge in [-0.3, -0.25) is 32.1 Å². The number of hydrogen-bond acceptors (Lipinski definition) is 15. The Morgan fingerprint density at radius 2 is 0.815 bits per heavy atom. The SMILES string of the molecule is CC1(C)C#CC(C)(C)CS(=O)(=NC(=O)NCCOCCOCCN)C1.CC1/C(=C/C=C2C=C(/C=C/C3=[N+](CCCCCC(=O)NCCOCCOCCNC(=O)N=S4(=O)CC(C)(C)C#CC(C)(C)C4)c4ccccc4C3(C)C)CCC/2)C(C)(C)c2ccccc21.CC1/C(=C/C=C2C=C(/C=C/C3=[N+](CCCCCC(=O)ON4C(=O)CCC4=O)c4ccccc4C3(C)C)CCC/2)C(C)(C)c2ccccc21.FB(F)F.O=CO.[F-]. The summed E-state index contributed by atoms with van der Waals surface area (Å²) in [4.78, 5) is 86.3. The normalized spacial score (nSPS) is 21.1. The minimum Gasteiger partial charge on any atom is -1.00 e. The smallest absolute Gasteiger partial charge is 0.762 e. The van der Waals surface area contributed by atoms with E-state index in [0.29, 0.717) is 107 Å². The lowest BCUT2D eigenvalue weighted by Gasteiger charge is -2.23. The number of amides is 7. The van der Waals surface area contributed by atoms with Crippen LogP contribution in [0.5, 0.6) is 0 Å². The Bertz CT molecular complexity index is 5960. The van der Waals surface area contributed by atoms with E-state index < -0.39 is 78.5 Å². The number of carbonyl (C=O) groups excluding carboxylic acids is 6. The summed E-state index contributed by atoms with van der Waals surface area (Å²) < 4.78 is 90.3. The zero-order valence-electron chi connectivity index (χ0n) is 89.2. The van der Waals surface area contributed by atoms with Gasteiger partial charge in [-0.2, -0.15) is 9.15 Å². The first kappa shape index (κ1) is 120. The van der Waals surface area contributed by atoms with Crippen LogP contribution in [0.15, 0.2) is 200 Å². The number of urea groups is 2. The highest BCUT2D eigenvalue weighted by Crippen LogP contribution is 2.52. The number of nitrogens with zero attached hydrogens (tertiary/aromatic N) is 5. The summed E-state index contributed by atoms with van der Waals surface area (Å²) in [7, 11) is -9.11. The molecule has 0 radical (unpaired) electrons. The molecule has 0 spiro atoms. The first-order valence-corrected chi connectivity index (χ1v) is 54.9. The van der Waals surface area contributed by atoms with Crippen molar-refractivity contribution < 1.29 is 97.7 Å². The summed E-state index contributed by atoms with van der Waals surface area (Å²) in [5.41, 5.74) is 25.5. The minimum atomic E-state index is -3.67. The molecule has 6 N–H and O–H groups in total. The summed E-state index contributed by atoms with van der Waals surface area (Å²) in [5, 5.41) is 15.8. The van der Waals surface area contributed by atoms with Gasteiger partial charge in [0.15, 0.2) is 11.4 Å². The number of hydroxylamine groups is 2. The number of allylic oxidation sites excluding steroid dienone is 16. The molecule has 0 saturated carbocycles. The zero-order valence-corrected chi connectivity index (χ0v) is 90.8. The number of rotatable bonds is 36. The first-order chi connectivity index (χ1) is 68.5. The Hall–Kier alpha value is -10.8. The standard InChI is InChI=1S/C55H74N4O5S.C42H49N2O4.C17H31N3O4S.CH2O2.BF3.FH/c1-41-44-20-12-13-21-46(44)54(6,7)45(41)27-25-42-18-17-19-43(38-42)26-28-49-55(8,9)47-22-14-15-23-48(47)59(49)33-16-10-11-24-50(60)56-31-34-63-36-37-64-35-32-57-51(61)58-65(62)39-52(2,3)29-30-53(4,5)40-65;1-29-32-16-8-9-17-34(32)41(2,3)33(29)23-21-30-14-13-15-31(28-30)22-24-37-42(4,5)35-18-10-11-19-36(35)43(37)27-12-6-7-20-40(47)48-44-38(45)25-26-39(44)46;1-16(2)5-6-17(3,4)14-25(22,13-16)20-15(21)19-8-10-24-12-11-23-9-7-18;2-1-3;2-1(3)4;/h12-15,20-23,25-28,38,41H,10-11,16-19,24,31-37,39-40H2,1-9H3,(H-,56,57,60,61);8-11,16-19,21-24,28-29H,6-7,12-15,20,25-27H2,1-5H3;7-14,18H2,1-4H3,(H,19,21);1H,(H,2,3);;1H/q;+1;;;;/b28-26+,42-25+,45-27-;24-22+,30-21+,33-23-;;;;. The fourth-order valence-corrected chi connectivity index (χ4v) is 26.6. The van der Waals surface area contributed by atoms with Gasteiger partial charge in [-0.25, -0.2) is 22.8 Å². The third-order valence-electron chi connectivity index (χ3n) is 27.3. The quantitative estimate of drug-likeness (QED) is 0.00537. The average Bonchev–Trinajstić information content (AvgIpc) is 1.61. The van der Waals surface area contributed by atoms with Crippen LogP contribution < -0.4 is 26.4 Å². The molecule has 31 heteroatoms. The third-order valence-corrected chi connectivity index (χ3v) is 33.0. The molecule has 1 fully saturated rings. The van der Waals surface area contributed by atoms with E-state index in [1.54, 1.807) is 0 Å². The van der Waals surface area contributed by atoms with Crippen LogP contribution in [-0.2, 0) is 88.9 Å². The number of halogens is 4. The Kier molecular flexibility index (Phi) is 45.3. The molecular formula is C115H157BF4N9O15S2+. The molecule has 4 aromatic rings. The first-order valence-electron chi connectivity index (χ1n) is 51.2. The number of nitrogens with one attached hydrogen (secondary N) is 3. The molecule has 5 aliphatic heterocycles. The summed E-state index contributed by atoms with van der Waals surface area (Å²) in [6.07, 6.45) is 36.4. The second-order valence-electron chi connectivity index (χ2n) is 43.2. The molecule has 2 unspecified atom stereocenters. The summed E-state index contributed by atoms with van der Waals surface area (Å²) in [5.74, 6) is 13.3. The fourth-order valence-electron chi connectivity index (χ4n) is 20.6. The molecule has 4 aromatic carbocycles. The van der Waals surface area contributed by atoms with Gasteiger partial charge in [0.05, 0.1) is 83.1 Å². The van der Waals surface area contributed by atoms with Crippen LogP contribution in [-0.4, -0.2) is 204 Å². The predicted molar refractivity (Wildman–Crippen MR) is 574 cm³/mol. The molecule has 2 atom stereocenters. The lowest BCUT2D eigenvalue weighted by molar-refractivity contribution is -0.438. The number of para-hydroxylation sites is 2. The van der Waals surface area contributed by atoms with Gasteiger partial charge in [-0.15, -0.1) is 13.8 Å². The lowest BCUT2D eigenvalue weighted by atomic mass is 9.80. The number of fused-ring (bicyclic) bond motifs is 4. The second-order valence-corrected chi connectivity index (χ2v) is 47.8. The highest BCUT2D eigenvalue weighted by molar-refractivity contribution is 7.94. The van der Waals surface area contributed by atoms with Gasteiger partial charge in [0.25, 0.3) is 18.3 Å². The van der Waals surface area contributed by atoms with Crippen LogP contribution in [0.2, 0.25) is 0 Å². The largest absolute Gasteiger partial charge is 1.00 e. The molecule has 0 aromatic heterocycles. The maximum Gasteiger partial charge on any atom is 0.762 e. The van der Waals surface area contributed by atoms with Crippen LogP contribution in [0.4, 0.5) is 33.9 Å². The molecule has 9 aliphatic rings. The Balaban J connectivity index is 0.000000280. The average molecular weight is 2060 g/mol. The van der Waals surface area contributed by atoms with Crippen LogP contribution in [0, 0.1) is 45.3 Å². The van der Waals surface area contributed by atoms with E-state index in [1.165, 1.54) is 89.6 Å². The summed E-state index contributed by atoms with van der Waals surface area (Å²) in [6.45, 7) is 44.9. The van der Waals surface area contributed by atoms with E-state index in [1.807, 2.05) is 55.4 Å². The van der Waals surface area contributed by atoms with Gasteiger partial charge in [0.1, 0.15) is 13.1 Å². The molecule has 13 rings (SSSR count). The van der Waals surface area contributed by atoms with Gasteiger partial charge in [0.2, 0.25) is 17.3 Å². The van der Waals surface area contributed by atoms with Crippen LogP contribution >= 0.6 is 0 Å². The van der Waals surface area contributed by atoms with Crippen molar-refractivity contribution in [2.24, 2.45) is 36.1 Å². The molecule has 146 heavy (non-hydrogen) atoms. The van der Waals surface area contributed by atoms with Crippen molar-refractivity contribution in [1.29, 1.82) is 0 Å². The third kappa shape index (κ3) is 35.2. The molecule has 24 nitrogen and oxygen atoms in total. The number of nitrogens with two attached hydrogens (primary N) is 1. The van der Waals surface area contributed by atoms with E-state index >= 15 is 0 Å². The van der Waals surface area contributed by atoms with Crippen molar-refractivity contribution in [3.63, 3.8) is 0 Å². The molecule has 794 valence electrons. The van der Waals surface area contributed by atoms with Crippen molar-refractivity contribution in [1.82, 2.24) is 21.0 Å². The number of hydrogen-bond donors (Lipinski definition) is 5. The number of imide groups is 1. The number of ether oxygens (including phenoxy) is 4. The van der Waals surface area contributed by atoms with Gasteiger partial charge < -0.3 is 55.3 Å². The Morgan fingerprint density at radius 3 is 1.18 bits per heavy atom. The topological polar surface area (TPSA) is 316 Å². The fraction of sp³-hybridized carbons (Fsp3) is 0.539. The minimum absolute atomic E-state index is 0. The van der Waals surface area contributed by atoms with E-state index in [4.69, 9.17) is 39.4 Å². The predicted octanol–water partition coefficient (Wildman–Crippen LogP) is 18.3. The maximum absolute atomic E-state index is 13.5. The van der Waals surface area contributed by atoms with E-state index in [2.05, 4.69) is 285 Å². The van der Waals surface area contributed by atoms with Crippen LogP contribution in [0.3, 0.4) is 0 Å². The van der Waals surface area contributed by atoms with Crippen molar-refractivity contribution in [3.8, 4) is 23.7 Å². The Labute approximate surface area is 865 Å². The van der Waals surface area contributed by atoms with Crippen molar-refractivity contribution >= 4 is 92.0 Å². The number of unbranched alkanes of at least 4 members (excludes halogenated alkanes) is 4. The van der Waals surface area contributed by atoms with Gasteiger partial charge in [-0.1, -0.05) is 210 Å². The molecule has 0 bridgehead atoms. The highest BCUT2D eigenvalue weighted by atomic mass is 32.2. The molecular weight excluding hydrogens is 1900 g/mol. The zero-order chi connectivity index (χ0) is 106. The lowest BCUT2D eigenvalue weighted by Crippen LogP contribution is -3.00. The van der Waals surface area contributed by atoms with Gasteiger partial charge >= 0.3 is 25.6 Å². The Morgan fingerprint density at radius 1 is 0.473 bits per heavy atom. The summed E-state index contributed by atoms with van der Waals surface area (Å²) >= 11 is 0. The summed E-state index contributed by atoms with van der Waals surface area (Å²) in [6, 6.07) is 34.1. The number of benzene rings is 4. The second kappa shape index (κ2) is 55.0. The van der Waals surface area contributed by atoms with Crippen LogP contribution in [0.25, 0.3) is 0 Å². The van der Waals surface area contributed by atoms with E-state index in [-0.39, 0.29) is 82.7 Å². The van der Waals surface area contributed by atoms with E-state index in [9.17, 15) is 50.1 Å². The highest BCUT2D eigenvalue weighted by Gasteiger charge is 2.47. The molecule has 4 aliphatic carbocycles. The molecule has 1 saturated heterocycles. The molecule has 5 heterocycles. The number of carbonyl (C=O) groups is 7. The molecule has 7 amide bonds. The number of carboxylic acid groups (broad SMARTS) is 1. The van der Waals surface area contributed by atoms with Crippen LogP contribution in [0.1, 0.15) is 273 Å². The van der Waals surface area contributed by atoms with E-state index in [0.717, 1.165) is 83.7 Å².